The van der Waals surface area contributed by atoms with E-state index in [0.29, 0.717) is 31.7 Å². The van der Waals surface area contributed by atoms with Crippen molar-refractivity contribution in [1.82, 2.24) is 0 Å². The summed E-state index contributed by atoms with van der Waals surface area (Å²) in [6.45, 7) is 0.959. The average Bonchev–Trinajstić information content (AvgIpc) is 2.43. The minimum atomic E-state index is -0.848. The first-order valence-electron chi connectivity index (χ1n) is 6.20. The molecule has 1 heterocycles. The fraction of sp³-hybridized carbons (Fsp3) is 0.385. The molecular formula is C13H13Br3N2O2S. The molecule has 0 atom stereocenters. The molecule has 8 heteroatoms. The van der Waals surface area contributed by atoms with Gasteiger partial charge in [-0.25, -0.2) is 0 Å². The summed E-state index contributed by atoms with van der Waals surface area (Å²) in [6.07, 6.45) is 1.000. The number of anilines is 1. The van der Waals surface area contributed by atoms with Crippen molar-refractivity contribution in [2.75, 3.05) is 18.5 Å². The Labute approximate surface area is 153 Å². The molecule has 0 aliphatic carbocycles. The quantitative estimate of drug-likeness (QED) is 0.616. The molecule has 1 aromatic carbocycles. The van der Waals surface area contributed by atoms with Crippen molar-refractivity contribution in [2.45, 2.75) is 12.8 Å². The predicted octanol–water partition coefficient (Wildman–Crippen LogP) is 4.00. The highest BCUT2D eigenvalue weighted by atomic mass is 79.9. The molecule has 114 valence electrons. The van der Waals surface area contributed by atoms with Crippen molar-refractivity contribution in [2.24, 2.45) is 11.1 Å². The van der Waals surface area contributed by atoms with E-state index in [1.54, 1.807) is 0 Å². The Morgan fingerprint density at radius 3 is 2.24 bits per heavy atom. The minimum Gasteiger partial charge on any atom is -0.392 e. The Balaban J connectivity index is 2.30. The molecule has 0 bridgehead atoms. The van der Waals surface area contributed by atoms with Crippen LogP contribution in [0.5, 0.6) is 0 Å². The summed E-state index contributed by atoms with van der Waals surface area (Å²) in [5, 5.41) is 2.92. The molecule has 3 N–H and O–H groups in total. The Morgan fingerprint density at radius 1 is 1.24 bits per heavy atom. The van der Waals surface area contributed by atoms with Gasteiger partial charge in [-0.1, -0.05) is 28.1 Å². The normalized spacial score (nSPS) is 17.3. The molecule has 4 nitrogen and oxygen atoms in total. The van der Waals surface area contributed by atoms with Gasteiger partial charge in [0, 0.05) is 26.6 Å². The van der Waals surface area contributed by atoms with E-state index in [1.165, 1.54) is 0 Å². The lowest BCUT2D eigenvalue weighted by Gasteiger charge is -2.34. The zero-order chi connectivity index (χ0) is 15.6. The third kappa shape index (κ3) is 3.67. The Hall–Kier alpha value is -0.0200. The van der Waals surface area contributed by atoms with Crippen LogP contribution in [0.2, 0.25) is 0 Å². The number of hydrogen-bond donors (Lipinski definition) is 2. The summed E-state index contributed by atoms with van der Waals surface area (Å²) < 4.78 is 7.75. The van der Waals surface area contributed by atoms with E-state index in [2.05, 4.69) is 53.1 Å². The third-order valence-corrected chi connectivity index (χ3v) is 5.60. The molecule has 0 radical (unpaired) electrons. The van der Waals surface area contributed by atoms with Gasteiger partial charge in [-0.15, -0.1) is 0 Å². The third-order valence-electron chi connectivity index (χ3n) is 3.50. The number of nitrogens with one attached hydrogen (secondary N) is 1. The van der Waals surface area contributed by atoms with E-state index >= 15 is 0 Å². The van der Waals surface area contributed by atoms with Crippen LogP contribution in [-0.2, 0) is 9.53 Å². The van der Waals surface area contributed by atoms with E-state index in [-0.39, 0.29) is 10.9 Å². The number of amides is 1. The molecule has 1 aliphatic heterocycles. The average molecular weight is 501 g/mol. The fourth-order valence-electron chi connectivity index (χ4n) is 2.20. The topological polar surface area (TPSA) is 64.4 Å². The molecular weight excluding hydrogens is 488 g/mol. The largest absolute Gasteiger partial charge is 0.392 e. The van der Waals surface area contributed by atoms with Crippen LogP contribution in [0.4, 0.5) is 5.69 Å². The Kier molecular flexibility index (Phi) is 5.81. The summed E-state index contributed by atoms with van der Waals surface area (Å²) in [5.74, 6) is -0.193. The summed E-state index contributed by atoms with van der Waals surface area (Å²) in [4.78, 5) is 12.9. The van der Waals surface area contributed by atoms with E-state index in [0.717, 1.165) is 13.4 Å². The number of carbonyl (C=O) groups excluding carboxylic acids is 1. The van der Waals surface area contributed by atoms with Crippen LogP contribution >= 0.6 is 60.0 Å². The van der Waals surface area contributed by atoms with E-state index in [4.69, 9.17) is 22.7 Å². The lowest BCUT2D eigenvalue weighted by Crippen LogP contribution is -2.49. The summed E-state index contributed by atoms with van der Waals surface area (Å²) >= 11 is 15.4. The highest BCUT2D eigenvalue weighted by molar-refractivity contribution is 9.11. The number of thiocarbonyl (C=S) groups is 1. The van der Waals surface area contributed by atoms with E-state index in [9.17, 15) is 4.79 Å². The van der Waals surface area contributed by atoms with Gasteiger partial charge in [0.1, 0.15) is 5.41 Å². The lowest BCUT2D eigenvalue weighted by molar-refractivity contribution is -0.126. The van der Waals surface area contributed by atoms with Crippen molar-refractivity contribution < 1.29 is 9.53 Å². The van der Waals surface area contributed by atoms with Crippen LogP contribution in [0.15, 0.2) is 25.6 Å². The first kappa shape index (κ1) is 17.3. The maximum absolute atomic E-state index is 12.7. The molecule has 0 aromatic heterocycles. The highest BCUT2D eigenvalue weighted by Crippen LogP contribution is 2.37. The van der Waals surface area contributed by atoms with Crippen molar-refractivity contribution >= 4 is 76.6 Å². The molecule has 0 spiro atoms. The van der Waals surface area contributed by atoms with Crippen LogP contribution in [0.1, 0.15) is 12.8 Å². The van der Waals surface area contributed by atoms with Gasteiger partial charge in [-0.2, -0.15) is 0 Å². The van der Waals surface area contributed by atoms with Gasteiger partial charge >= 0.3 is 0 Å². The second-order valence-electron chi connectivity index (χ2n) is 4.76. The van der Waals surface area contributed by atoms with Crippen LogP contribution < -0.4 is 11.1 Å². The van der Waals surface area contributed by atoms with Crippen LogP contribution in [0, 0.1) is 5.41 Å². The smallest absolute Gasteiger partial charge is 0.237 e. The molecule has 0 unspecified atom stereocenters. The zero-order valence-corrected chi connectivity index (χ0v) is 16.5. The first-order chi connectivity index (χ1) is 9.86. The Bertz CT molecular complexity index is 566. The SMILES string of the molecule is NC(=S)C1(C(=O)Nc2c(Br)cc(Br)cc2Br)CCOCC1. The molecule has 1 amide bonds. The van der Waals surface area contributed by atoms with Crippen LogP contribution in [0.3, 0.4) is 0 Å². The number of benzene rings is 1. The lowest BCUT2D eigenvalue weighted by atomic mass is 9.79. The van der Waals surface area contributed by atoms with Crippen molar-refractivity contribution in [1.29, 1.82) is 0 Å². The van der Waals surface area contributed by atoms with E-state index in [1.807, 2.05) is 12.1 Å². The maximum Gasteiger partial charge on any atom is 0.237 e. The van der Waals surface area contributed by atoms with Gasteiger partial charge in [-0.05, 0) is 56.8 Å². The number of halogens is 3. The molecule has 1 saturated heterocycles. The molecule has 21 heavy (non-hydrogen) atoms. The van der Waals surface area contributed by atoms with Gasteiger partial charge in [0.15, 0.2) is 0 Å². The second kappa shape index (κ2) is 7.04. The molecule has 1 aromatic rings. The molecule has 2 rings (SSSR count). The van der Waals surface area contributed by atoms with Gasteiger partial charge in [0.2, 0.25) is 5.91 Å². The van der Waals surface area contributed by atoms with Gasteiger partial charge in [-0.3, -0.25) is 4.79 Å². The monoisotopic (exact) mass is 498 g/mol. The number of hydrogen-bond acceptors (Lipinski definition) is 3. The van der Waals surface area contributed by atoms with Crippen LogP contribution in [0.25, 0.3) is 0 Å². The second-order valence-corrected chi connectivity index (χ2v) is 7.82. The fourth-order valence-corrected chi connectivity index (χ4v) is 4.95. The highest BCUT2D eigenvalue weighted by Gasteiger charge is 2.43. The van der Waals surface area contributed by atoms with Crippen LogP contribution in [-0.4, -0.2) is 24.1 Å². The number of nitrogens with two attached hydrogens (primary N) is 1. The predicted molar refractivity (Wildman–Crippen MR) is 97.4 cm³/mol. The first-order valence-corrected chi connectivity index (χ1v) is 8.99. The minimum absolute atomic E-state index is 0.193. The van der Waals surface area contributed by atoms with Gasteiger partial charge < -0.3 is 15.8 Å². The zero-order valence-electron chi connectivity index (χ0n) is 10.9. The van der Waals surface area contributed by atoms with Crippen molar-refractivity contribution in [3.8, 4) is 0 Å². The Morgan fingerprint density at radius 2 is 1.76 bits per heavy atom. The number of carbonyl (C=O) groups is 1. The van der Waals surface area contributed by atoms with Crippen molar-refractivity contribution in [3.05, 3.63) is 25.6 Å². The van der Waals surface area contributed by atoms with Gasteiger partial charge in [0.05, 0.1) is 10.7 Å². The number of ether oxygens (including phenoxy) is 1. The van der Waals surface area contributed by atoms with E-state index < -0.39 is 5.41 Å². The molecule has 1 fully saturated rings. The maximum atomic E-state index is 12.7. The standard InChI is InChI=1S/C13H13Br3N2O2S/c14-7-5-8(15)10(9(16)6-7)18-12(19)13(11(17)21)1-3-20-4-2-13/h5-6H,1-4H2,(H2,17,21)(H,18,19). The van der Waals surface area contributed by atoms with Gasteiger partial charge in [0.25, 0.3) is 0 Å². The summed E-state index contributed by atoms with van der Waals surface area (Å²) in [5.41, 5.74) is 5.65. The summed E-state index contributed by atoms with van der Waals surface area (Å²) in [7, 11) is 0. The number of rotatable bonds is 3. The van der Waals surface area contributed by atoms with Crippen molar-refractivity contribution in [3.63, 3.8) is 0 Å². The molecule has 1 aliphatic rings. The molecule has 0 saturated carbocycles. The summed E-state index contributed by atoms with van der Waals surface area (Å²) in [6, 6.07) is 3.72.